The third-order valence-corrected chi connectivity index (χ3v) is 3.06. The highest BCUT2D eigenvalue weighted by atomic mass is 32.3. The molecule has 0 aliphatic rings. The van der Waals surface area contributed by atoms with Crippen LogP contribution in [-0.2, 0) is 14.6 Å². The Morgan fingerprint density at radius 2 is 1.74 bits per heavy atom. The van der Waals surface area contributed by atoms with Gasteiger partial charge in [0, 0.05) is 0 Å². The second kappa shape index (κ2) is 11.1. The van der Waals surface area contributed by atoms with Crippen molar-refractivity contribution in [1.82, 2.24) is 0 Å². The van der Waals surface area contributed by atoms with Crippen molar-refractivity contribution < 1.29 is 26.7 Å². The molecule has 0 fully saturated rings. The SMILES string of the molecule is C=CC[N+](CC)(CC=C)CCO.CCOS(=O)(=O)[O-]. The standard InChI is InChI=1S/C10H20NO.C2H6O4S/c1-4-7-11(6-3,8-5-2)9-10-12;1-2-6-7(3,4)5/h4-5,12H,1-2,6-10H2,3H3;2H2,1H3,(H,3,4,5)/q+1;/p-1. The van der Waals surface area contributed by atoms with Crippen LogP contribution in [0.15, 0.2) is 25.3 Å². The molecule has 0 unspecified atom stereocenters. The van der Waals surface area contributed by atoms with Crippen molar-refractivity contribution in [2.24, 2.45) is 0 Å². The molecule has 0 rings (SSSR count). The molecule has 0 atom stereocenters. The van der Waals surface area contributed by atoms with E-state index in [1.165, 1.54) is 6.92 Å². The fraction of sp³-hybridized carbons (Fsp3) is 0.667. The van der Waals surface area contributed by atoms with E-state index in [1.54, 1.807) is 0 Å². The summed E-state index contributed by atoms with van der Waals surface area (Å²) < 4.78 is 32.9. The van der Waals surface area contributed by atoms with Crippen LogP contribution in [0.3, 0.4) is 0 Å². The summed E-state index contributed by atoms with van der Waals surface area (Å²) in [5.74, 6) is 0. The van der Waals surface area contributed by atoms with E-state index < -0.39 is 10.4 Å². The van der Waals surface area contributed by atoms with E-state index in [0.29, 0.717) is 0 Å². The van der Waals surface area contributed by atoms with Crippen LogP contribution in [0, 0.1) is 0 Å². The molecule has 0 saturated heterocycles. The van der Waals surface area contributed by atoms with E-state index in [1.807, 2.05) is 12.2 Å². The number of rotatable bonds is 9. The summed E-state index contributed by atoms with van der Waals surface area (Å²) in [5.41, 5.74) is 0. The number of quaternary nitrogens is 1. The van der Waals surface area contributed by atoms with Gasteiger partial charge in [0.25, 0.3) is 0 Å². The zero-order valence-corrected chi connectivity index (χ0v) is 12.6. The van der Waals surface area contributed by atoms with Crippen molar-refractivity contribution in [2.75, 3.05) is 39.4 Å². The summed E-state index contributed by atoms with van der Waals surface area (Å²) in [4.78, 5) is 0. The quantitative estimate of drug-likeness (QED) is 0.292. The first-order chi connectivity index (χ1) is 8.80. The molecule has 7 heteroatoms. The van der Waals surface area contributed by atoms with Gasteiger partial charge in [-0.25, -0.2) is 8.42 Å². The lowest BCUT2D eigenvalue weighted by Crippen LogP contribution is -2.49. The normalized spacial score (nSPS) is 11.4. The van der Waals surface area contributed by atoms with Crippen LogP contribution in [0.2, 0.25) is 0 Å². The van der Waals surface area contributed by atoms with Crippen LogP contribution in [0.1, 0.15) is 13.8 Å². The van der Waals surface area contributed by atoms with Crippen LogP contribution in [0.4, 0.5) is 0 Å². The van der Waals surface area contributed by atoms with E-state index >= 15 is 0 Å². The van der Waals surface area contributed by atoms with E-state index in [0.717, 1.165) is 30.7 Å². The van der Waals surface area contributed by atoms with Gasteiger partial charge < -0.3 is 14.1 Å². The molecular formula is C12H25NO5S. The lowest BCUT2D eigenvalue weighted by atomic mass is 10.3. The number of likely N-dealkylation sites (N-methyl/N-ethyl adjacent to an activating group) is 1. The van der Waals surface area contributed by atoms with Gasteiger partial charge in [0.05, 0.1) is 32.8 Å². The highest BCUT2D eigenvalue weighted by Gasteiger charge is 2.20. The minimum absolute atomic E-state index is 0.0914. The van der Waals surface area contributed by atoms with Crippen molar-refractivity contribution in [1.29, 1.82) is 0 Å². The Balaban J connectivity index is 0. The van der Waals surface area contributed by atoms with Crippen molar-refractivity contribution in [3.05, 3.63) is 25.3 Å². The van der Waals surface area contributed by atoms with E-state index in [9.17, 15) is 13.0 Å². The molecule has 6 nitrogen and oxygen atoms in total. The Morgan fingerprint density at radius 1 is 1.26 bits per heavy atom. The van der Waals surface area contributed by atoms with E-state index in [4.69, 9.17) is 5.11 Å². The summed E-state index contributed by atoms with van der Waals surface area (Å²) in [6, 6.07) is 0. The molecule has 114 valence electrons. The van der Waals surface area contributed by atoms with Crippen molar-refractivity contribution >= 4 is 10.4 Å². The Kier molecular flexibility index (Phi) is 12.1. The molecule has 1 N–H and O–H groups in total. The Bertz CT molecular complexity index is 330. The fourth-order valence-electron chi connectivity index (χ4n) is 1.58. The second-order valence-electron chi connectivity index (χ2n) is 3.86. The molecule has 0 aliphatic heterocycles. The van der Waals surface area contributed by atoms with Crippen LogP contribution in [0.5, 0.6) is 0 Å². The van der Waals surface area contributed by atoms with Gasteiger partial charge in [0.1, 0.15) is 6.54 Å². The summed E-state index contributed by atoms with van der Waals surface area (Å²) >= 11 is 0. The average molecular weight is 295 g/mol. The first-order valence-corrected chi connectivity index (χ1v) is 7.42. The van der Waals surface area contributed by atoms with Gasteiger partial charge in [-0.15, -0.1) is 0 Å². The number of hydrogen-bond acceptors (Lipinski definition) is 5. The molecular weight excluding hydrogens is 270 g/mol. The maximum Gasteiger partial charge on any atom is 0.217 e. The third kappa shape index (κ3) is 12.1. The second-order valence-corrected chi connectivity index (χ2v) is 4.91. The molecule has 0 bridgehead atoms. The molecule has 0 saturated carbocycles. The van der Waals surface area contributed by atoms with E-state index in [-0.39, 0.29) is 13.2 Å². The van der Waals surface area contributed by atoms with Gasteiger partial charge in [-0.05, 0) is 26.0 Å². The van der Waals surface area contributed by atoms with Crippen LogP contribution in [-0.4, -0.2) is 62.0 Å². The summed E-state index contributed by atoms with van der Waals surface area (Å²) in [6.45, 7) is 14.8. The average Bonchev–Trinajstić information content (AvgIpc) is 2.29. The molecule has 0 aromatic carbocycles. The highest BCUT2D eigenvalue weighted by Crippen LogP contribution is 2.05. The van der Waals surface area contributed by atoms with E-state index in [2.05, 4.69) is 24.3 Å². The number of nitrogens with zero attached hydrogens (tertiary/aromatic N) is 1. The third-order valence-electron chi connectivity index (χ3n) is 2.54. The molecule has 19 heavy (non-hydrogen) atoms. The molecule has 0 aliphatic carbocycles. The maximum atomic E-state index is 9.45. The van der Waals surface area contributed by atoms with Gasteiger partial charge in [0.15, 0.2) is 0 Å². The molecule has 0 heterocycles. The minimum atomic E-state index is -4.42. The minimum Gasteiger partial charge on any atom is -0.726 e. The lowest BCUT2D eigenvalue weighted by Gasteiger charge is -2.35. The smallest absolute Gasteiger partial charge is 0.217 e. The zero-order valence-electron chi connectivity index (χ0n) is 11.7. The Labute approximate surface area is 116 Å². The largest absolute Gasteiger partial charge is 0.726 e. The first kappa shape index (κ1) is 20.6. The Hall–Kier alpha value is -0.730. The number of hydrogen-bond donors (Lipinski definition) is 1. The topological polar surface area (TPSA) is 86.7 Å². The van der Waals surface area contributed by atoms with Gasteiger partial charge >= 0.3 is 0 Å². The van der Waals surface area contributed by atoms with Crippen LogP contribution < -0.4 is 0 Å². The van der Waals surface area contributed by atoms with Crippen molar-refractivity contribution in [3.8, 4) is 0 Å². The Morgan fingerprint density at radius 3 is 1.89 bits per heavy atom. The molecule has 0 aromatic heterocycles. The molecule has 0 spiro atoms. The van der Waals surface area contributed by atoms with Crippen LogP contribution in [0.25, 0.3) is 0 Å². The summed E-state index contributed by atoms with van der Waals surface area (Å²) in [7, 11) is -4.42. The van der Waals surface area contributed by atoms with Gasteiger partial charge in [-0.3, -0.25) is 4.18 Å². The molecule has 0 aromatic rings. The predicted molar refractivity (Wildman–Crippen MR) is 74.2 cm³/mol. The lowest BCUT2D eigenvalue weighted by molar-refractivity contribution is -0.915. The molecule has 0 amide bonds. The van der Waals surface area contributed by atoms with Gasteiger partial charge in [0.2, 0.25) is 10.4 Å². The monoisotopic (exact) mass is 295 g/mol. The summed E-state index contributed by atoms with van der Waals surface area (Å²) in [6.07, 6.45) is 3.81. The fourth-order valence-corrected chi connectivity index (χ4v) is 1.87. The van der Waals surface area contributed by atoms with Gasteiger partial charge in [-0.2, -0.15) is 0 Å². The maximum absolute atomic E-state index is 9.45. The number of aliphatic hydroxyl groups excluding tert-OH is 1. The first-order valence-electron chi connectivity index (χ1n) is 6.08. The van der Waals surface area contributed by atoms with Gasteiger partial charge in [-0.1, -0.05) is 13.2 Å². The molecule has 0 radical (unpaired) electrons. The predicted octanol–water partition coefficient (Wildman–Crippen LogP) is 0.671. The number of aliphatic hydroxyl groups is 1. The van der Waals surface area contributed by atoms with Crippen molar-refractivity contribution in [2.45, 2.75) is 13.8 Å². The summed E-state index contributed by atoms with van der Waals surface area (Å²) in [5, 5.41) is 8.90. The highest BCUT2D eigenvalue weighted by molar-refractivity contribution is 7.80. The van der Waals surface area contributed by atoms with Crippen LogP contribution >= 0.6 is 0 Å². The van der Waals surface area contributed by atoms with Crippen molar-refractivity contribution in [3.63, 3.8) is 0 Å². The zero-order chi connectivity index (χ0) is 15.4.